The van der Waals surface area contributed by atoms with E-state index in [4.69, 9.17) is 16.3 Å². The summed E-state index contributed by atoms with van der Waals surface area (Å²) in [5.74, 6) is -0.467. The number of ether oxygens (including phenoxy) is 1. The first-order chi connectivity index (χ1) is 14.0. The third kappa shape index (κ3) is 4.00. The van der Waals surface area contributed by atoms with E-state index in [1.54, 1.807) is 6.07 Å². The standard InChI is InChI=1S/C21H19ClN2O4S/c22-19-9-8-16(29(26,27)24-10-12-28-13-11-24)14-18(19)21(25)23-20-7-3-5-15-4-1-2-6-17(15)20/h1-9,14H,10-13H2,(H,23,25). The molecule has 0 atom stereocenters. The van der Waals surface area contributed by atoms with Crippen LogP contribution in [0.2, 0.25) is 5.02 Å². The number of benzene rings is 3. The van der Waals surface area contributed by atoms with E-state index in [0.717, 1.165) is 10.8 Å². The van der Waals surface area contributed by atoms with Crippen LogP contribution in [0.1, 0.15) is 10.4 Å². The Kier molecular flexibility index (Phi) is 5.56. The van der Waals surface area contributed by atoms with E-state index in [0.29, 0.717) is 18.9 Å². The first-order valence-corrected chi connectivity index (χ1v) is 11.0. The van der Waals surface area contributed by atoms with Crippen molar-refractivity contribution >= 4 is 44.0 Å². The molecule has 1 saturated heterocycles. The fourth-order valence-electron chi connectivity index (χ4n) is 3.30. The minimum Gasteiger partial charge on any atom is -0.379 e. The van der Waals surface area contributed by atoms with Crippen LogP contribution in [0.4, 0.5) is 5.69 Å². The number of sulfonamides is 1. The lowest BCUT2D eigenvalue weighted by Gasteiger charge is -2.26. The van der Waals surface area contributed by atoms with Crippen molar-refractivity contribution < 1.29 is 17.9 Å². The van der Waals surface area contributed by atoms with Gasteiger partial charge in [-0.2, -0.15) is 4.31 Å². The van der Waals surface area contributed by atoms with Crippen LogP contribution >= 0.6 is 11.6 Å². The molecule has 1 amide bonds. The predicted octanol–water partition coefficient (Wildman–Crippen LogP) is 3.77. The number of hydrogen-bond acceptors (Lipinski definition) is 4. The summed E-state index contributed by atoms with van der Waals surface area (Å²) in [4.78, 5) is 12.9. The minimum atomic E-state index is -3.73. The van der Waals surface area contributed by atoms with E-state index in [-0.39, 0.29) is 28.6 Å². The minimum absolute atomic E-state index is 0.0341. The van der Waals surface area contributed by atoms with Crippen LogP contribution in [0.25, 0.3) is 10.8 Å². The highest BCUT2D eigenvalue weighted by atomic mass is 35.5. The molecule has 1 N–H and O–H groups in total. The molecule has 8 heteroatoms. The van der Waals surface area contributed by atoms with Crippen LogP contribution in [-0.4, -0.2) is 44.9 Å². The lowest BCUT2D eigenvalue weighted by atomic mass is 10.1. The number of nitrogens with one attached hydrogen (secondary N) is 1. The number of anilines is 1. The summed E-state index contributed by atoms with van der Waals surface area (Å²) in [5.41, 5.74) is 0.736. The number of hydrogen-bond donors (Lipinski definition) is 1. The monoisotopic (exact) mass is 430 g/mol. The van der Waals surface area contributed by atoms with E-state index < -0.39 is 15.9 Å². The van der Waals surface area contributed by atoms with E-state index in [2.05, 4.69) is 5.32 Å². The number of fused-ring (bicyclic) bond motifs is 1. The Morgan fingerprint density at radius 3 is 2.52 bits per heavy atom. The molecule has 1 fully saturated rings. The van der Waals surface area contributed by atoms with Gasteiger partial charge in [0.1, 0.15) is 0 Å². The second-order valence-electron chi connectivity index (χ2n) is 6.64. The zero-order valence-corrected chi connectivity index (χ0v) is 17.0. The Hall–Kier alpha value is -2.45. The average molecular weight is 431 g/mol. The van der Waals surface area contributed by atoms with Crippen LogP contribution in [-0.2, 0) is 14.8 Å². The molecule has 0 saturated carbocycles. The fourth-order valence-corrected chi connectivity index (χ4v) is 4.94. The summed E-state index contributed by atoms with van der Waals surface area (Å²) in [6.45, 7) is 1.26. The first kappa shape index (κ1) is 19.8. The fraction of sp³-hybridized carbons (Fsp3) is 0.190. The van der Waals surface area contributed by atoms with Gasteiger partial charge in [0.15, 0.2) is 0 Å². The number of carbonyl (C=O) groups excluding carboxylic acids is 1. The Bertz CT molecular complexity index is 1170. The summed E-state index contributed by atoms with van der Waals surface area (Å²) in [7, 11) is -3.73. The summed E-state index contributed by atoms with van der Waals surface area (Å²) in [6.07, 6.45) is 0. The SMILES string of the molecule is O=C(Nc1cccc2ccccc12)c1cc(S(=O)(=O)N2CCOCC2)ccc1Cl. The Labute approximate surface area is 174 Å². The third-order valence-corrected chi connectivity index (χ3v) is 7.05. The van der Waals surface area contributed by atoms with Gasteiger partial charge in [0, 0.05) is 24.2 Å². The van der Waals surface area contributed by atoms with Crippen molar-refractivity contribution in [2.45, 2.75) is 4.90 Å². The maximum absolute atomic E-state index is 12.9. The number of morpholine rings is 1. The molecule has 3 aromatic carbocycles. The molecule has 0 bridgehead atoms. The highest BCUT2D eigenvalue weighted by molar-refractivity contribution is 7.89. The number of nitrogens with zero attached hydrogens (tertiary/aromatic N) is 1. The molecule has 1 heterocycles. The van der Waals surface area contributed by atoms with Gasteiger partial charge in [-0.15, -0.1) is 0 Å². The molecule has 0 aromatic heterocycles. The van der Waals surface area contributed by atoms with Crippen molar-refractivity contribution in [3.63, 3.8) is 0 Å². The molecular formula is C21H19ClN2O4S. The van der Waals surface area contributed by atoms with Crippen molar-refractivity contribution in [2.75, 3.05) is 31.6 Å². The lowest BCUT2D eigenvalue weighted by Crippen LogP contribution is -2.40. The maximum Gasteiger partial charge on any atom is 0.257 e. The molecule has 1 aliphatic rings. The highest BCUT2D eigenvalue weighted by Gasteiger charge is 2.27. The highest BCUT2D eigenvalue weighted by Crippen LogP contribution is 2.27. The Morgan fingerprint density at radius 1 is 1.00 bits per heavy atom. The maximum atomic E-state index is 12.9. The predicted molar refractivity (Wildman–Crippen MR) is 113 cm³/mol. The van der Waals surface area contributed by atoms with Gasteiger partial charge in [-0.05, 0) is 29.7 Å². The number of halogens is 1. The van der Waals surface area contributed by atoms with Gasteiger partial charge < -0.3 is 10.1 Å². The topological polar surface area (TPSA) is 75.7 Å². The van der Waals surface area contributed by atoms with Crippen molar-refractivity contribution in [2.24, 2.45) is 0 Å². The normalized spacial score (nSPS) is 15.3. The summed E-state index contributed by atoms with van der Waals surface area (Å²) < 4.78 is 32.4. The van der Waals surface area contributed by atoms with Gasteiger partial charge in [-0.3, -0.25) is 4.79 Å². The Morgan fingerprint density at radius 2 is 1.72 bits per heavy atom. The number of amides is 1. The third-order valence-electron chi connectivity index (χ3n) is 4.83. The summed E-state index contributed by atoms with van der Waals surface area (Å²) in [6, 6.07) is 17.4. The van der Waals surface area contributed by atoms with Gasteiger partial charge in [0.2, 0.25) is 10.0 Å². The van der Waals surface area contributed by atoms with Gasteiger partial charge in [-0.1, -0.05) is 48.0 Å². The lowest BCUT2D eigenvalue weighted by molar-refractivity contribution is 0.0730. The average Bonchev–Trinajstić information content (AvgIpc) is 2.75. The molecular weight excluding hydrogens is 412 g/mol. The molecule has 1 aliphatic heterocycles. The largest absolute Gasteiger partial charge is 0.379 e. The summed E-state index contributed by atoms with van der Waals surface area (Å²) >= 11 is 6.22. The van der Waals surface area contributed by atoms with Crippen molar-refractivity contribution in [1.29, 1.82) is 0 Å². The van der Waals surface area contributed by atoms with E-state index in [1.807, 2.05) is 36.4 Å². The van der Waals surface area contributed by atoms with Crippen LogP contribution < -0.4 is 5.32 Å². The van der Waals surface area contributed by atoms with Gasteiger partial charge in [0.05, 0.1) is 28.7 Å². The van der Waals surface area contributed by atoms with Crippen molar-refractivity contribution in [1.82, 2.24) is 4.31 Å². The van der Waals surface area contributed by atoms with E-state index in [9.17, 15) is 13.2 Å². The van der Waals surface area contributed by atoms with Gasteiger partial charge in [-0.25, -0.2) is 8.42 Å². The number of carbonyl (C=O) groups is 1. The number of rotatable bonds is 4. The van der Waals surface area contributed by atoms with Gasteiger partial charge in [0.25, 0.3) is 5.91 Å². The molecule has 0 unspecified atom stereocenters. The smallest absolute Gasteiger partial charge is 0.257 e. The zero-order valence-electron chi connectivity index (χ0n) is 15.5. The Balaban J connectivity index is 1.66. The van der Waals surface area contributed by atoms with Crippen molar-refractivity contribution in [3.05, 3.63) is 71.2 Å². The van der Waals surface area contributed by atoms with Gasteiger partial charge >= 0.3 is 0 Å². The zero-order chi connectivity index (χ0) is 20.4. The second kappa shape index (κ2) is 8.12. The summed E-state index contributed by atoms with van der Waals surface area (Å²) in [5, 5.41) is 4.90. The van der Waals surface area contributed by atoms with Crippen molar-refractivity contribution in [3.8, 4) is 0 Å². The molecule has 0 spiro atoms. The molecule has 3 aromatic rings. The van der Waals surface area contributed by atoms with Crippen LogP contribution in [0.5, 0.6) is 0 Å². The quantitative estimate of drug-likeness (QED) is 0.683. The molecule has 4 rings (SSSR count). The molecule has 150 valence electrons. The van der Waals surface area contributed by atoms with E-state index >= 15 is 0 Å². The molecule has 0 aliphatic carbocycles. The first-order valence-electron chi connectivity index (χ1n) is 9.13. The van der Waals surface area contributed by atoms with Crippen LogP contribution in [0, 0.1) is 0 Å². The van der Waals surface area contributed by atoms with E-state index in [1.165, 1.54) is 22.5 Å². The molecule has 0 radical (unpaired) electrons. The van der Waals surface area contributed by atoms with Crippen LogP contribution in [0.3, 0.4) is 0 Å². The second-order valence-corrected chi connectivity index (χ2v) is 8.98. The molecule has 6 nitrogen and oxygen atoms in total. The molecule has 29 heavy (non-hydrogen) atoms. The van der Waals surface area contributed by atoms with Crippen LogP contribution in [0.15, 0.2) is 65.6 Å².